The molecule has 0 bridgehead atoms. The molecule has 0 aliphatic carbocycles. The van der Waals surface area contributed by atoms with Gasteiger partial charge in [0.05, 0.1) is 11.8 Å². The Morgan fingerprint density at radius 3 is 2.60 bits per heavy atom. The van der Waals surface area contributed by atoms with Crippen LogP contribution in [0.1, 0.15) is 21.5 Å². The number of carbonyl (C=O) groups excluding carboxylic acids is 1. The number of methoxy groups -OCH3 is 1. The first kappa shape index (κ1) is 19.6. The second-order valence-corrected chi connectivity index (χ2v) is 6.87. The zero-order valence-electron chi connectivity index (χ0n) is 16.4. The predicted octanol–water partition coefficient (Wildman–Crippen LogP) is 2.50. The van der Waals surface area contributed by atoms with Gasteiger partial charge < -0.3 is 9.64 Å². The third-order valence-electron chi connectivity index (χ3n) is 4.87. The lowest BCUT2D eigenvalue weighted by Crippen LogP contribution is -2.52. The number of amides is 1. The van der Waals surface area contributed by atoms with Gasteiger partial charge in [-0.05, 0) is 36.4 Å². The number of benzene rings is 1. The Bertz CT molecular complexity index is 1100. The van der Waals surface area contributed by atoms with Gasteiger partial charge in [-0.3, -0.25) is 15.0 Å². The summed E-state index contributed by atoms with van der Waals surface area (Å²) < 4.78 is 5.31. The van der Waals surface area contributed by atoms with Gasteiger partial charge in [0.15, 0.2) is 0 Å². The van der Waals surface area contributed by atoms with Crippen molar-refractivity contribution in [3.05, 3.63) is 77.6 Å². The average Bonchev–Trinajstić information content (AvgIpc) is 2.77. The minimum atomic E-state index is -0.581. The minimum absolute atomic E-state index is 0.156. The van der Waals surface area contributed by atoms with Gasteiger partial charge >= 0.3 is 0 Å². The van der Waals surface area contributed by atoms with Crippen LogP contribution in [-0.2, 0) is 4.74 Å². The molecule has 4 rings (SSSR count). The largest absolute Gasteiger partial charge is 0.378 e. The lowest BCUT2D eigenvalue weighted by atomic mass is 10.1. The smallest absolute Gasteiger partial charge is 0.274 e. The SMILES string of the molecule is COC1CN(c2cc(C(=O)NO)cc(-c3ccc(C#Cc4cccnc4)cc3)n2)C1. The molecule has 1 aliphatic rings. The van der Waals surface area contributed by atoms with Crippen LogP contribution in [0.25, 0.3) is 11.3 Å². The Hall–Kier alpha value is -3.73. The Kier molecular flexibility index (Phi) is 5.70. The van der Waals surface area contributed by atoms with E-state index >= 15 is 0 Å². The van der Waals surface area contributed by atoms with Gasteiger partial charge in [-0.1, -0.05) is 24.0 Å². The molecule has 3 heterocycles. The molecule has 1 saturated heterocycles. The van der Waals surface area contributed by atoms with Crippen LogP contribution in [0.2, 0.25) is 0 Å². The fourth-order valence-corrected chi connectivity index (χ4v) is 3.10. The number of hydroxylamine groups is 1. The first-order chi connectivity index (χ1) is 14.7. The maximum absolute atomic E-state index is 12.0. The number of rotatable bonds is 4. The van der Waals surface area contributed by atoms with Gasteiger partial charge in [-0.15, -0.1) is 0 Å². The van der Waals surface area contributed by atoms with Crippen molar-refractivity contribution in [1.29, 1.82) is 0 Å². The number of pyridine rings is 2. The lowest BCUT2D eigenvalue weighted by molar-refractivity contribution is 0.0706. The highest BCUT2D eigenvalue weighted by Gasteiger charge is 2.28. The molecule has 1 amide bonds. The lowest BCUT2D eigenvalue weighted by Gasteiger charge is -2.39. The van der Waals surface area contributed by atoms with Gasteiger partial charge in [0, 0.05) is 54.8 Å². The van der Waals surface area contributed by atoms with Crippen LogP contribution in [0.15, 0.2) is 60.9 Å². The van der Waals surface area contributed by atoms with E-state index in [1.54, 1.807) is 37.1 Å². The number of aromatic nitrogens is 2. The quantitative estimate of drug-likeness (QED) is 0.398. The average molecular weight is 400 g/mol. The maximum Gasteiger partial charge on any atom is 0.274 e. The molecule has 7 nitrogen and oxygen atoms in total. The molecule has 0 spiro atoms. The highest BCUT2D eigenvalue weighted by Crippen LogP contribution is 2.27. The van der Waals surface area contributed by atoms with Gasteiger partial charge in [-0.2, -0.15) is 0 Å². The number of carbonyl (C=O) groups is 1. The number of anilines is 1. The van der Waals surface area contributed by atoms with E-state index in [1.807, 2.05) is 41.3 Å². The van der Waals surface area contributed by atoms with E-state index in [-0.39, 0.29) is 6.10 Å². The maximum atomic E-state index is 12.0. The van der Waals surface area contributed by atoms with E-state index in [1.165, 1.54) is 0 Å². The molecule has 0 saturated carbocycles. The summed E-state index contributed by atoms with van der Waals surface area (Å²) in [4.78, 5) is 22.8. The second-order valence-electron chi connectivity index (χ2n) is 6.87. The van der Waals surface area contributed by atoms with E-state index in [9.17, 15) is 4.79 Å². The van der Waals surface area contributed by atoms with Crippen LogP contribution in [-0.4, -0.2) is 47.4 Å². The molecule has 2 aromatic heterocycles. The van der Waals surface area contributed by atoms with Crippen LogP contribution in [0, 0.1) is 11.8 Å². The number of hydrogen-bond donors (Lipinski definition) is 2. The first-order valence-corrected chi connectivity index (χ1v) is 9.43. The summed E-state index contributed by atoms with van der Waals surface area (Å²) in [7, 11) is 1.68. The van der Waals surface area contributed by atoms with Crippen LogP contribution in [0.3, 0.4) is 0 Å². The Morgan fingerprint density at radius 2 is 1.93 bits per heavy atom. The second kappa shape index (κ2) is 8.74. The van der Waals surface area contributed by atoms with Crippen molar-refractivity contribution in [2.24, 2.45) is 0 Å². The third-order valence-corrected chi connectivity index (χ3v) is 4.87. The topological polar surface area (TPSA) is 87.6 Å². The Balaban J connectivity index is 1.61. The van der Waals surface area contributed by atoms with Crippen LogP contribution < -0.4 is 10.4 Å². The summed E-state index contributed by atoms with van der Waals surface area (Å²) in [5, 5.41) is 9.05. The zero-order valence-corrected chi connectivity index (χ0v) is 16.4. The van der Waals surface area contributed by atoms with E-state index in [0.29, 0.717) is 30.2 Å². The Morgan fingerprint density at radius 1 is 1.17 bits per heavy atom. The van der Waals surface area contributed by atoms with Crippen molar-refractivity contribution in [2.45, 2.75) is 6.10 Å². The first-order valence-electron chi connectivity index (χ1n) is 9.43. The number of hydrogen-bond acceptors (Lipinski definition) is 6. The van der Waals surface area contributed by atoms with Crippen molar-refractivity contribution in [1.82, 2.24) is 15.4 Å². The molecule has 3 aromatic rings. The van der Waals surface area contributed by atoms with Crippen molar-refractivity contribution in [3.8, 4) is 23.1 Å². The fraction of sp³-hybridized carbons (Fsp3) is 0.174. The summed E-state index contributed by atoms with van der Waals surface area (Å²) >= 11 is 0. The summed E-state index contributed by atoms with van der Waals surface area (Å²) in [6.07, 6.45) is 3.58. The summed E-state index contributed by atoms with van der Waals surface area (Å²) in [6.45, 7) is 1.41. The molecule has 0 unspecified atom stereocenters. The molecule has 0 atom stereocenters. The van der Waals surface area contributed by atoms with Crippen molar-refractivity contribution in [3.63, 3.8) is 0 Å². The van der Waals surface area contributed by atoms with E-state index in [2.05, 4.69) is 16.8 Å². The van der Waals surface area contributed by atoms with E-state index < -0.39 is 5.91 Å². The minimum Gasteiger partial charge on any atom is -0.378 e. The molecule has 1 aliphatic heterocycles. The molecule has 1 fully saturated rings. The normalized spacial score (nSPS) is 13.2. The highest BCUT2D eigenvalue weighted by molar-refractivity contribution is 5.95. The van der Waals surface area contributed by atoms with Gasteiger partial charge in [0.1, 0.15) is 5.82 Å². The predicted molar refractivity (Wildman–Crippen MR) is 112 cm³/mol. The number of nitrogens with one attached hydrogen (secondary N) is 1. The number of nitrogens with zero attached hydrogens (tertiary/aromatic N) is 3. The molecule has 1 aromatic carbocycles. The van der Waals surface area contributed by atoms with Crippen molar-refractivity contribution >= 4 is 11.7 Å². The third kappa shape index (κ3) is 4.30. The standard InChI is InChI=1S/C23H20N4O3/c1-30-20-14-27(15-20)22-12-19(23(28)26-29)11-21(25-22)18-8-6-16(7-9-18)4-5-17-3-2-10-24-13-17/h2-3,6-13,20,29H,14-15H2,1H3,(H,26,28). The Labute approximate surface area is 174 Å². The molecular weight excluding hydrogens is 380 g/mol. The molecular formula is C23H20N4O3. The highest BCUT2D eigenvalue weighted by atomic mass is 16.5. The molecule has 2 N–H and O–H groups in total. The molecule has 7 heteroatoms. The molecule has 0 radical (unpaired) electrons. The molecule has 30 heavy (non-hydrogen) atoms. The van der Waals surface area contributed by atoms with E-state index in [0.717, 1.165) is 16.7 Å². The summed E-state index contributed by atoms with van der Waals surface area (Å²) in [6, 6.07) is 14.7. The summed E-state index contributed by atoms with van der Waals surface area (Å²) in [5.74, 6) is 6.27. The number of ether oxygens (including phenoxy) is 1. The fourth-order valence-electron chi connectivity index (χ4n) is 3.10. The van der Waals surface area contributed by atoms with Gasteiger partial charge in [0.25, 0.3) is 5.91 Å². The van der Waals surface area contributed by atoms with Crippen molar-refractivity contribution < 1.29 is 14.7 Å². The monoisotopic (exact) mass is 400 g/mol. The van der Waals surface area contributed by atoms with Crippen molar-refractivity contribution in [2.75, 3.05) is 25.1 Å². The van der Waals surface area contributed by atoms with Gasteiger partial charge in [-0.25, -0.2) is 10.5 Å². The van der Waals surface area contributed by atoms with Crippen LogP contribution >= 0.6 is 0 Å². The van der Waals surface area contributed by atoms with E-state index in [4.69, 9.17) is 14.9 Å². The van der Waals surface area contributed by atoms with Gasteiger partial charge in [0.2, 0.25) is 0 Å². The summed E-state index contributed by atoms with van der Waals surface area (Å²) in [5.41, 5.74) is 5.21. The van der Waals surface area contributed by atoms with Crippen LogP contribution in [0.5, 0.6) is 0 Å². The van der Waals surface area contributed by atoms with Crippen LogP contribution in [0.4, 0.5) is 5.82 Å². The zero-order chi connectivity index (χ0) is 20.9. The molecule has 150 valence electrons.